The van der Waals surface area contributed by atoms with Crippen molar-refractivity contribution in [2.45, 2.75) is 13.3 Å². The van der Waals surface area contributed by atoms with Crippen LogP contribution >= 0.6 is 0 Å². The molecule has 1 N–H and O–H groups in total. The van der Waals surface area contributed by atoms with Crippen molar-refractivity contribution >= 4 is 17.4 Å². The Hall–Kier alpha value is -2.35. The molecule has 0 bridgehead atoms. The summed E-state index contributed by atoms with van der Waals surface area (Å²) in [5.41, 5.74) is 1.85. The molecule has 19 heavy (non-hydrogen) atoms. The molecule has 5 nitrogen and oxygen atoms in total. The molecule has 0 aromatic heterocycles. The molecule has 1 aromatic rings. The molecule has 1 fully saturated rings. The van der Waals surface area contributed by atoms with E-state index >= 15 is 0 Å². The van der Waals surface area contributed by atoms with Crippen LogP contribution in [-0.4, -0.2) is 31.3 Å². The molecule has 2 rings (SSSR count). The van der Waals surface area contributed by atoms with Gasteiger partial charge in [-0.2, -0.15) is 5.26 Å². The van der Waals surface area contributed by atoms with Crippen LogP contribution in [0.25, 0.3) is 0 Å². The lowest BCUT2D eigenvalue weighted by Crippen LogP contribution is -2.29. The molecule has 1 aliphatic heterocycles. The van der Waals surface area contributed by atoms with Gasteiger partial charge in [0, 0.05) is 37.3 Å². The lowest BCUT2D eigenvalue weighted by atomic mass is 10.1. The number of nitriles is 1. The molecule has 0 aliphatic carbocycles. The molecule has 0 saturated carbocycles. The fraction of sp³-hybridized carbons (Fsp3) is 0.357. The predicted molar refractivity (Wildman–Crippen MR) is 71.0 cm³/mol. The van der Waals surface area contributed by atoms with Gasteiger partial charge in [0.05, 0.1) is 11.6 Å². The lowest BCUT2D eigenvalue weighted by Gasteiger charge is -2.24. The van der Waals surface area contributed by atoms with E-state index in [4.69, 9.17) is 5.26 Å². The third-order valence-corrected chi connectivity index (χ3v) is 3.16. The van der Waals surface area contributed by atoms with E-state index in [0.29, 0.717) is 37.2 Å². The van der Waals surface area contributed by atoms with Gasteiger partial charge in [-0.1, -0.05) is 0 Å². The van der Waals surface area contributed by atoms with Crippen LogP contribution in [-0.2, 0) is 4.79 Å². The third kappa shape index (κ3) is 2.91. The van der Waals surface area contributed by atoms with E-state index < -0.39 is 0 Å². The van der Waals surface area contributed by atoms with E-state index in [9.17, 15) is 9.59 Å². The zero-order valence-corrected chi connectivity index (χ0v) is 10.8. The highest BCUT2D eigenvalue weighted by atomic mass is 16.1. The second-order valence-electron chi connectivity index (χ2n) is 4.49. The molecule has 5 heteroatoms. The van der Waals surface area contributed by atoms with Crippen molar-refractivity contribution in [2.75, 3.05) is 24.5 Å². The Kier molecular flexibility index (Phi) is 3.81. The summed E-state index contributed by atoms with van der Waals surface area (Å²) >= 11 is 0. The zero-order chi connectivity index (χ0) is 13.8. The van der Waals surface area contributed by atoms with Gasteiger partial charge in [-0.3, -0.25) is 9.59 Å². The van der Waals surface area contributed by atoms with Crippen molar-refractivity contribution < 1.29 is 9.59 Å². The summed E-state index contributed by atoms with van der Waals surface area (Å²) in [6.07, 6.45) is 0.397. The van der Waals surface area contributed by atoms with Crippen LogP contribution in [0.2, 0.25) is 0 Å². The Balaban J connectivity index is 2.38. The number of ketones is 1. The summed E-state index contributed by atoms with van der Waals surface area (Å²) < 4.78 is 0. The van der Waals surface area contributed by atoms with Gasteiger partial charge in [0.25, 0.3) is 0 Å². The number of amides is 1. The quantitative estimate of drug-likeness (QED) is 0.805. The summed E-state index contributed by atoms with van der Waals surface area (Å²) in [4.78, 5) is 25.0. The second-order valence-corrected chi connectivity index (χ2v) is 4.49. The molecule has 98 valence electrons. The van der Waals surface area contributed by atoms with Gasteiger partial charge in [0.2, 0.25) is 5.91 Å². The molecule has 1 heterocycles. The van der Waals surface area contributed by atoms with E-state index in [1.165, 1.54) is 6.92 Å². The van der Waals surface area contributed by atoms with E-state index in [1.54, 1.807) is 18.2 Å². The number of carbonyl (C=O) groups excluding carboxylic acids is 2. The first-order chi connectivity index (χ1) is 9.11. The number of benzene rings is 1. The van der Waals surface area contributed by atoms with Crippen molar-refractivity contribution in [1.29, 1.82) is 5.26 Å². The highest BCUT2D eigenvalue weighted by molar-refractivity contribution is 6.00. The van der Waals surface area contributed by atoms with E-state index in [2.05, 4.69) is 11.4 Å². The third-order valence-electron chi connectivity index (χ3n) is 3.16. The smallest absolute Gasteiger partial charge is 0.221 e. The van der Waals surface area contributed by atoms with Gasteiger partial charge >= 0.3 is 0 Å². The number of nitrogens with zero attached hydrogens (tertiary/aromatic N) is 2. The fourth-order valence-corrected chi connectivity index (χ4v) is 2.17. The highest BCUT2D eigenvalue weighted by Gasteiger charge is 2.18. The van der Waals surface area contributed by atoms with Crippen LogP contribution in [0.3, 0.4) is 0 Å². The van der Waals surface area contributed by atoms with Gasteiger partial charge in [-0.25, -0.2) is 0 Å². The molecule has 0 radical (unpaired) electrons. The number of anilines is 1. The maximum absolute atomic E-state index is 11.7. The first-order valence-electron chi connectivity index (χ1n) is 6.18. The molecular formula is C14H15N3O2. The molecule has 1 amide bonds. The van der Waals surface area contributed by atoms with Crippen LogP contribution in [0.4, 0.5) is 5.69 Å². The molecular weight excluding hydrogens is 242 g/mol. The van der Waals surface area contributed by atoms with E-state index in [-0.39, 0.29) is 11.7 Å². The minimum Gasteiger partial charge on any atom is -0.369 e. The Morgan fingerprint density at radius 1 is 1.42 bits per heavy atom. The number of Topliss-reactive ketones (excluding diaryl/α,β-unsaturated/α-hetero) is 1. The van der Waals surface area contributed by atoms with Crippen LogP contribution in [0.5, 0.6) is 0 Å². The first kappa shape index (κ1) is 13.1. The normalized spacial score (nSPS) is 15.4. The summed E-state index contributed by atoms with van der Waals surface area (Å²) in [5.74, 6) is -0.0219. The SMILES string of the molecule is CC(=O)c1ccc(C#N)cc1N1CCNC(=O)CC1. The first-order valence-corrected chi connectivity index (χ1v) is 6.18. The largest absolute Gasteiger partial charge is 0.369 e. The number of hydrogen-bond donors (Lipinski definition) is 1. The van der Waals surface area contributed by atoms with Gasteiger partial charge in [-0.05, 0) is 25.1 Å². The average molecular weight is 257 g/mol. The summed E-state index contributed by atoms with van der Waals surface area (Å²) in [5, 5.41) is 11.8. The van der Waals surface area contributed by atoms with Gasteiger partial charge in [0.1, 0.15) is 0 Å². The Labute approximate surface area is 111 Å². The minimum atomic E-state index is -0.0389. The maximum atomic E-state index is 11.7. The molecule has 1 aliphatic rings. The van der Waals surface area contributed by atoms with E-state index in [0.717, 1.165) is 5.69 Å². The number of carbonyl (C=O) groups is 2. The Bertz CT molecular complexity index is 560. The van der Waals surface area contributed by atoms with Crippen molar-refractivity contribution in [3.8, 4) is 6.07 Å². The van der Waals surface area contributed by atoms with Crippen LogP contribution in [0.1, 0.15) is 29.3 Å². The van der Waals surface area contributed by atoms with E-state index in [1.807, 2.05) is 4.90 Å². The monoisotopic (exact) mass is 257 g/mol. The Morgan fingerprint density at radius 2 is 2.21 bits per heavy atom. The molecule has 0 atom stereocenters. The average Bonchev–Trinajstić information content (AvgIpc) is 2.62. The fourth-order valence-electron chi connectivity index (χ4n) is 2.17. The molecule has 0 unspecified atom stereocenters. The van der Waals surface area contributed by atoms with Crippen LogP contribution in [0.15, 0.2) is 18.2 Å². The second kappa shape index (κ2) is 5.53. The van der Waals surface area contributed by atoms with Crippen molar-refractivity contribution in [2.24, 2.45) is 0 Å². The molecule has 1 aromatic carbocycles. The van der Waals surface area contributed by atoms with Crippen LogP contribution < -0.4 is 10.2 Å². The zero-order valence-electron chi connectivity index (χ0n) is 10.8. The summed E-state index contributed by atoms with van der Waals surface area (Å²) in [6.45, 7) is 3.25. The number of hydrogen-bond acceptors (Lipinski definition) is 4. The number of rotatable bonds is 2. The lowest BCUT2D eigenvalue weighted by molar-refractivity contribution is -0.120. The van der Waals surface area contributed by atoms with Crippen LogP contribution in [0, 0.1) is 11.3 Å². The minimum absolute atomic E-state index is 0.0170. The standard InChI is InChI=1S/C14H15N3O2/c1-10(18)12-3-2-11(9-15)8-13(12)17-6-4-14(19)16-5-7-17/h2-3,8H,4-7H2,1H3,(H,16,19). The summed E-state index contributed by atoms with van der Waals surface area (Å²) in [6, 6.07) is 7.11. The highest BCUT2D eigenvalue weighted by Crippen LogP contribution is 2.23. The maximum Gasteiger partial charge on any atom is 0.221 e. The molecule has 0 spiro atoms. The van der Waals surface area contributed by atoms with Gasteiger partial charge in [0.15, 0.2) is 5.78 Å². The van der Waals surface area contributed by atoms with Gasteiger partial charge < -0.3 is 10.2 Å². The summed E-state index contributed by atoms with van der Waals surface area (Å²) in [7, 11) is 0. The number of nitrogens with one attached hydrogen (secondary N) is 1. The van der Waals surface area contributed by atoms with Crippen molar-refractivity contribution in [1.82, 2.24) is 5.32 Å². The van der Waals surface area contributed by atoms with Gasteiger partial charge in [-0.15, -0.1) is 0 Å². The topological polar surface area (TPSA) is 73.2 Å². The van der Waals surface area contributed by atoms with Crippen molar-refractivity contribution in [3.63, 3.8) is 0 Å². The predicted octanol–water partition coefficient (Wildman–Crippen LogP) is 1.09. The van der Waals surface area contributed by atoms with Crippen molar-refractivity contribution in [3.05, 3.63) is 29.3 Å². The Morgan fingerprint density at radius 3 is 2.89 bits per heavy atom. The molecule has 1 saturated heterocycles.